The molecule has 3 rings (SSSR count). The Morgan fingerprint density at radius 3 is 2.50 bits per heavy atom. The molecule has 2 amide bonds. The van der Waals surface area contributed by atoms with E-state index in [4.69, 9.17) is 4.74 Å². The molecule has 3 aromatic rings. The molecule has 0 saturated carbocycles. The summed E-state index contributed by atoms with van der Waals surface area (Å²) in [6.07, 6.45) is 1.11. The zero-order chi connectivity index (χ0) is 19.8. The van der Waals surface area contributed by atoms with E-state index in [1.165, 1.54) is 0 Å². The van der Waals surface area contributed by atoms with Gasteiger partial charge in [0.1, 0.15) is 5.75 Å². The Morgan fingerprint density at radius 2 is 1.64 bits per heavy atom. The van der Waals surface area contributed by atoms with E-state index in [-0.39, 0.29) is 24.8 Å². The Hall–Kier alpha value is -3.34. The standard InChI is InChI=1S/C23H24N2O3/c1-2-14-28-21-13-6-5-12-20(21)25-23(27)16-24-22(26)15-18-10-7-9-17-8-3-4-11-19(17)18/h3-13H,2,14-16H2,1H3,(H,24,26)(H,25,27). The normalized spacial score (nSPS) is 10.5. The van der Waals surface area contributed by atoms with Crippen molar-refractivity contribution in [2.75, 3.05) is 18.5 Å². The van der Waals surface area contributed by atoms with Gasteiger partial charge in [-0.15, -0.1) is 0 Å². The number of nitrogens with one attached hydrogen (secondary N) is 2. The van der Waals surface area contributed by atoms with Gasteiger partial charge in [-0.05, 0) is 34.9 Å². The maximum absolute atomic E-state index is 12.3. The number of hydrogen-bond acceptors (Lipinski definition) is 3. The van der Waals surface area contributed by atoms with Gasteiger partial charge in [0.25, 0.3) is 0 Å². The van der Waals surface area contributed by atoms with Crippen molar-refractivity contribution in [2.24, 2.45) is 0 Å². The van der Waals surface area contributed by atoms with Crippen molar-refractivity contribution >= 4 is 28.3 Å². The molecule has 0 aliphatic heterocycles. The van der Waals surface area contributed by atoms with Gasteiger partial charge in [0.05, 0.1) is 25.3 Å². The molecule has 0 aliphatic rings. The first kappa shape index (κ1) is 19.4. The average Bonchev–Trinajstić information content (AvgIpc) is 2.72. The Balaban J connectivity index is 1.55. The SMILES string of the molecule is CCCOc1ccccc1NC(=O)CNC(=O)Cc1cccc2ccccc12. The molecule has 0 spiro atoms. The van der Waals surface area contributed by atoms with Gasteiger partial charge in [0, 0.05) is 0 Å². The molecule has 5 heteroatoms. The molecule has 0 aromatic heterocycles. The van der Waals surface area contributed by atoms with E-state index < -0.39 is 0 Å². The second-order valence-electron chi connectivity index (χ2n) is 6.48. The van der Waals surface area contributed by atoms with Crippen molar-refractivity contribution in [3.8, 4) is 5.75 Å². The number of rotatable bonds is 8. The number of hydrogen-bond donors (Lipinski definition) is 2. The first-order valence-electron chi connectivity index (χ1n) is 9.42. The van der Waals surface area contributed by atoms with E-state index in [9.17, 15) is 9.59 Å². The predicted octanol–water partition coefficient (Wildman–Crippen LogP) is 3.93. The predicted molar refractivity (Wildman–Crippen MR) is 112 cm³/mol. The van der Waals surface area contributed by atoms with Gasteiger partial charge in [-0.1, -0.05) is 61.5 Å². The minimum absolute atomic E-state index is 0.0916. The molecule has 0 unspecified atom stereocenters. The lowest BCUT2D eigenvalue weighted by Gasteiger charge is -2.12. The summed E-state index contributed by atoms with van der Waals surface area (Å²) in [6, 6.07) is 21.1. The highest BCUT2D eigenvalue weighted by atomic mass is 16.5. The second-order valence-corrected chi connectivity index (χ2v) is 6.48. The van der Waals surface area contributed by atoms with Crippen LogP contribution in [0.25, 0.3) is 10.8 Å². The van der Waals surface area contributed by atoms with E-state index in [0.29, 0.717) is 18.0 Å². The molecule has 0 radical (unpaired) electrons. The third kappa shape index (κ3) is 5.10. The quantitative estimate of drug-likeness (QED) is 0.626. The Kier molecular flexibility index (Phi) is 6.63. The lowest BCUT2D eigenvalue weighted by molar-refractivity contribution is -0.123. The first-order valence-corrected chi connectivity index (χ1v) is 9.42. The summed E-state index contributed by atoms with van der Waals surface area (Å²) in [4.78, 5) is 24.5. The maximum atomic E-state index is 12.3. The van der Waals surface area contributed by atoms with Crippen LogP contribution in [-0.2, 0) is 16.0 Å². The fourth-order valence-corrected chi connectivity index (χ4v) is 2.96. The number of fused-ring (bicyclic) bond motifs is 1. The van der Waals surface area contributed by atoms with Crippen LogP contribution in [0.3, 0.4) is 0 Å². The number of amides is 2. The van der Waals surface area contributed by atoms with Crippen molar-refractivity contribution in [1.82, 2.24) is 5.32 Å². The molecule has 2 N–H and O–H groups in total. The summed E-state index contributed by atoms with van der Waals surface area (Å²) in [5, 5.41) is 7.62. The van der Waals surface area contributed by atoms with Crippen LogP contribution < -0.4 is 15.4 Å². The highest BCUT2D eigenvalue weighted by Crippen LogP contribution is 2.23. The zero-order valence-corrected chi connectivity index (χ0v) is 15.9. The minimum Gasteiger partial charge on any atom is -0.491 e. The Morgan fingerprint density at radius 1 is 0.893 bits per heavy atom. The van der Waals surface area contributed by atoms with Crippen molar-refractivity contribution in [2.45, 2.75) is 19.8 Å². The van der Waals surface area contributed by atoms with Crippen LogP contribution in [-0.4, -0.2) is 25.0 Å². The van der Waals surface area contributed by atoms with E-state index in [1.54, 1.807) is 6.07 Å². The smallest absolute Gasteiger partial charge is 0.243 e. The lowest BCUT2D eigenvalue weighted by Crippen LogP contribution is -2.33. The molecule has 0 saturated heterocycles. The third-order valence-corrected chi connectivity index (χ3v) is 4.30. The van der Waals surface area contributed by atoms with Crippen LogP contribution in [0.4, 0.5) is 5.69 Å². The van der Waals surface area contributed by atoms with Gasteiger partial charge in [-0.25, -0.2) is 0 Å². The van der Waals surface area contributed by atoms with Crippen LogP contribution in [0, 0.1) is 0 Å². The highest BCUT2D eigenvalue weighted by Gasteiger charge is 2.11. The largest absolute Gasteiger partial charge is 0.491 e. The number of carbonyl (C=O) groups excluding carboxylic acids is 2. The summed E-state index contributed by atoms with van der Waals surface area (Å²) in [7, 11) is 0. The molecule has 3 aromatic carbocycles. The van der Waals surface area contributed by atoms with Gasteiger partial charge < -0.3 is 15.4 Å². The molecule has 0 atom stereocenters. The second kappa shape index (κ2) is 9.55. The summed E-state index contributed by atoms with van der Waals surface area (Å²) in [6.45, 7) is 2.51. The van der Waals surface area contributed by atoms with Crippen LogP contribution >= 0.6 is 0 Å². The summed E-state index contributed by atoms with van der Waals surface area (Å²) in [5.74, 6) is 0.139. The summed E-state index contributed by atoms with van der Waals surface area (Å²) < 4.78 is 5.63. The molecule has 5 nitrogen and oxygen atoms in total. The molecular formula is C23H24N2O3. The number of ether oxygens (including phenoxy) is 1. The summed E-state index contributed by atoms with van der Waals surface area (Å²) >= 11 is 0. The van der Waals surface area contributed by atoms with Crippen LogP contribution in [0.1, 0.15) is 18.9 Å². The molecule has 0 heterocycles. The van der Waals surface area contributed by atoms with E-state index in [0.717, 1.165) is 22.8 Å². The minimum atomic E-state index is -0.293. The van der Waals surface area contributed by atoms with Gasteiger partial charge in [-0.2, -0.15) is 0 Å². The van der Waals surface area contributed by atoms with E-state index in [2.05, 4.69) is 10.6 Å². The topological polar surface area (TPSA) is 67.4 Å². The fraction of sp³-hybridized carbons (Fsp3) is 0.217. The zero-order valence-electron chi connectivity index (χ0n) is 15.9. The van der Waals surface area contributed by atoms with E-state index >= 15 is 0 Å². The highest BCUT2D eigenvalue weighted by molar-refractivity contribution is 5.96. The van der Waals surface area contributed by atoms with Crippen molar-refractivity contribution < 1.29 is 14.3 Å². The fourth-order valence-electron chi connectivity index (χ4n) is 2.96. The van der Waals surface area contributed by atoms with E-state index in [1.807, 2.05) is 67.6 Å². The summed E-state index contributed by atoms with van der Waals surface area (Å²) in [5.41, 5.74) is 1.54. The van der Waals surface area contributed by atoms with Crippen LogP contribution in [0.5, 0.6) is 5.75 Å². The van der Waals surface area contributed by atoms with Crippen molar-refractivity contribution in [1.29, 1.82) is 0 Å². The first-order chi connectivity index (χ1) is 13.7. The van der Waals surface area contributed by atoms with Crippen LogP contribution in [0.15, 0.2) is 66.7 Å². The molecule has 0 aliphatic carbocycles. The number of carbonyl (C=O) groups is 2. The number of benzene rings is 3. The Bertz CT molecular complexity index is 963. The number of anilines is 1. The van der Waals surface area contributed by atoms with Gasteiger partial charge >= 0.3 is 0 Å². The Labute approximate surface area is 164 Å². The maximum Gasteiger partial charge on any atom is 0.243 e. The molecule has 28 heavy (non-hydrogen) atoms. The average molecular weight is 376 g/mol. The van der Waals surface area contributed by atoms with Gasteiger partial charge in [0.2, 0.25) is 11.8 Å². The molecule has 0 bridgehead atoms. The molecule has 0 fully saturated rings. The number of para-hydroxylation sites is 2. The van der Waals surface area contributed by atoms with Crippen molar-refractivity contribution in [3.63, 3.8) is 0 Å². The molecule has 144 valence electrons. The van der Waals surface area contributed by atoms with Gasteiger partial charge in [-0.3, -0.25) is 9.59 Å². The third-order valence-electron chi connectivity index (χ3n) is 4.30. The molecular weight excluding hydrogens is 352 g/mol. The van der Waals surface area contributed by atoms with Crippen LogP contribution in [0.2, 0.25) is 0 Å². The lowest BCUT2D eigenvalue weighted by atomic mass is 10.0. The monoisotopic (exact) mass is 376 g/mol. The van der Waals surface area contributed by atoms with Crippen molar-refractivity contribution in [3.05, 3.63) is 72.3 Å². The van der Waals surface area contributed by atoms with Gasteiger partial charge in [0.15, 0.2) is 0 Å².